The van der Waals surface area contributed by atoms with Crippen LogP contribution in [0.1, 0.15) is 11.1 Å². The normalized spacial score (nSPS) is 11.5. The molecular weight excluding hydrogens is 230 g/mol. The van der Waals surface area contributed by atoms with Gasteiger partial charge < -0.3 is 0 Å². The number of benzene rings is 2. The zero-order chi connectivity index (χ0) is 11.9. The van der Waals surface area contributed by atoms with E-state index >= 15 is 0 Å². The van der Waals surface area contributed by atoms with Gasteiger partial charge in [0.25, 0.3) is 0 Å². The van der Waals surface area contributed by atoms with Crippen molar-refractivity contribution in [1.82, 2.24) is 0 Å². The van der Waals surface area contributed by atoms with Gasteiger partial charge in [0.15, 0.2) is 0 Å². The Balaban J connectivity index is 1.94. The molecule has 0 saturated carbocycles. The molecule has 0 fully saturated rings. The highest BCUT2D eigenvalue weighted by atomic mass is 35.5. The summed E-state index contributed by atoms with van der Waals surface area (Å²) in [6.07, 6.45) is 0.704. The third-order valence-electron chi connectivity index (χ3n) is 2.47. The molecule has 0 spiro atoms. The summed E-state index contributed by atoms with van der Waals surface area (Å²) in [7, 11) is 0. The lowest BCUT2D eigenvalue weighted by Crippen LogP contribution is -1.95. The highest BCUT2D eigenvalue weighted by molar-refractivity contribution is 6.65. The standard InChI is InChI=1S/C15H14ClN/c16-15(11-13-7-3-1-4-8-13)17-12-14-9-5-2-6-10-14/h1-10H,11-12H2. The molecule has 0 aromatic heterocycles. The Hall–Kier alpha value is -1.60. The van der Waals surface area contributed by atoms with Crippen molar-refractivity contribution in [3.63, 3.8) is 0 Å². The molecule has 2 rings (SSSR count). The van der Waals surface area contributed by atoms with Crippen LogP contribution in [-0.4, -0.2) is 5.17 Å². The molecule has 0 N–H and O–H groups in total. The van der Waals surface area contributed by atoms with Crippen molar-refractivity contribution >= 4 is 16.8 Å². The average Bonchev–Trinajstić information content (AvgIpc) is 2.39. The zero-order valence-corrected chi connectivity index (χ0v) is 10.3. The fourth-order valence-corrected chi connectivity index (χ4v) is 1.79. The predicted octanol–water partition coefficient (Wildman–Crippen LogP) is 4.07. The highest BCUT2D eigenvalue weighted by Crippen LogP contribution is 2.06. The minimum absolute atomic E-state index is 0.645. The van der Waals surface area contributed by atoms with E-state index in [1.54, 1.807) is 0 Å². The van der Waals surface area contributed by atoms with Crippen molar-refractivity contribution in [3.05, 3.63) is 71.8 Å². The van der Waals surface area contributed by atoms with Gasteiger partial charge in [-0.05, 0) is 11.1 Å². The molecule has 0 aliphatic heterocycles. The second-order valence-electron chi connectivity index (χ2n) is 3.84. The molecule has 17 heavy (non-hydrogen) atoms. The van der Waals surface area contributed by atoms with Crippen LogP contribution in [-0.2, 0) is 13.0 Å². The Kier molecular flexibility index (Phi) is 4.34. The number of rotatable bonds is 4. The molecule has 0 amide bonds. The van der Waals surface area contributed by atoms with E-state index in [4.69, 9.17) is 11.6 Å². The maximum Gasteiger partial charge on any atom is 0.105 e. The molecule has 86 valence electrons. The SMILES string of the molecule is ClC(Cc1ccccc1)=NCc1ccccc1. The highest BCUT2D eigenvalue weighted by Gasteiger charge is 1.97. The maximum absolute atomic E-state index is 6.12. The zero-order valence-electron chi connectivity index (χ0n) is 9.51. The van der Waals surface area contributed by atoms with Crippen LogP contribution in [0.4, 0.5) is 0 Å². The van der Waals surface area contributed by atoms with Crippen LogP contribution >= 0.6 is 11.6 Å². The van der Waals surface area contributed by atoms with Crippen LogP contribution in [0.15, 0.2) is 65.7 Å². The number of halogens is 1. The first-order valence-electron chi connectivity index (χ1n) is 5.61. The second kappa shape index (κ2) is 6.21. The molecule has 0 saturated heterocycles. The smallest absolute Gasteiger partial charge is 0.105 e. The van der Waals surface area contributed by atoms with Crippen LogP contribution in [0.25, 0.3) is 0 Å². The van der Waals surface area contributed by atoms with E-state index in [-0.39, 0.29) is 0 Å². The Morgan fingerprint density at radius 2 is 1.35 bits per heavy atom. The number of hydrogen-bond donors (Lipinski definition) is 0. The molecule has 0 bridgehead atoms. The maximum atomic E-state index is 6.12. The lowest BCUT2D eigenvalue weighted by atomic mass is 10.2. The average molecular weight is 244 g/mol. The third-order valence-corrected chi connectivity index (χ3v) is 2.72. The van der Waals surface area contributed by atoms with Crippen molar-refractivity contribution in [2.75, 3.05) is 0 Å². The van der Waals surface area contributed by atoms with Gasteiger partial charge in [0, 0.05) is 6.42 Å². The first kappa shape index (κ1) is 11.9. The Morgan fingerprint density at radius 1 is 0.824 bits per heavy atom. The van der Waals surface area contributed by atoms with Crippen LogP contribution < -0.4 is 0 Å². The van der Waals surface area contributed by atoms with Crippen molar-refractivity contribution < 1.29 is 0 Å². The quantitative estimate of drug-likeness (QED) is 0.718. The third kappa shape index (κ3) is 4.04. The molecule has 0 radical (unpaired) electrons. The molecule has 0 aliphatic carbocycles. The fourth-order valence-electron chi connectivity index (χ4n) is 1.58. The number of hydrogen-bond acceptors (Lipinski definition) is 1. The molecule has 0 aliphatic rings. The Bertz CT molecular complexity index is 477. The van der Waals surface area contributed by atoms with Gasteiger partial charge in [-0.1, -0.05) is 72.3 Å². The Labute approximate surface area is 107 Å². The van der Waals surface area contributed by atoms with E-state index < -0.39 is 0 Å². The van der Waals surface area contributed by atoms with Gasteiger partial charge >= 0.3 is 0 Å². The Morgan fingerprint density at radius 3 is 1.94 bits per heavy atom. The van der Waals surface area contributed by atoms with Gasteiger partial charge in [-0.25, -0.2) is 0 Å². The van der Waals surface area contributed by atoms with Crippen molar-refractivity contribution in [2.45, 2.75) is 13.0 Å². The van der Waals surface area contributed by atoms with E-state index in [0.29, 0.717) is 18.1 Å². The summed E-state index contributed by atoms with van der Waals surface area (Å²) >= 11 is 6.12. The van der Waals surface area contributed by atoms with Crippen LogP contribution in [0.3, 0.4) is 0 Å². The van der Waals surface area contributed by atoms with Gasteiger partial charge in [0.05, 0.1) is 6.54 Å². The first-order chi connectivity index (χ1) is 8.34. The summed E-state index contributed by atoms with van der Waals surface area (Å²) in [5.41, 5.74) is 2.37. The minimum atomic E-state index is 0.645. The van der Waals surface area contributed by atoms with E-state index in [1.165, 1.54) is 11.1 Å². The summed E-state index contributed by atoms with van der Waals surface area (Å²) in [6, 6.07) is 20.3. The van der Waals surface area contributed by atoms with Crippen molar-refractivity contribution in [2.24, 2.45) is 4.99 Å². The lowest BCUT2D eigenvalue weighted by Gasteiger charge is -2.00. The number of nitrogens with zero attached hydrogens (tertiary/aromatic N) is 1. The molecule has 0 atom stereocenters. The second-order valence-corrected chi connectivity index (χ2v) is 4.28. The van der Waals surface area contributed by atoms with Gasteiger partial charge in [0.2, 0.25) is 0 Å². The largest absolute Gasteiger partial charge is 0.272 e. The predicted molar refractivity (Wildman–Crippen MR) is 73.6 cm³/mol. The summed E-state index contributed by atoms with van der Waals surface area (Å²) < 4.78 is 0. The molecule has 2 aromatic rings. The van der Waals surface area contributed by atoms with Gasteiger partial charge in [-0.15, -0.1) is 0 Å². The van der Waals surface area contributed by atoms with Gasteiger partial charge in [-0.3, -0.25) is 4.99 Å². The monoisotopic (exact) mass is 243 g/mol. The van der Waals surface area contributed by atoms with Gasteiger partial charge in [-0.2, -0.15) is 0 Å². The van der Waals surface area contributed by atoms with E-state index in [9.17, 15) is 0 Å². The van der Waals surface area contributed by atoms with Gasteiger partial charge in [0.1, 0.15) is 5.17 Å². The minimum Gasteiger partial charge on any atom is -0.272 e. The summed E-state index contributed by atoms with van der Waals surface area (Å²) in [4.78, 5) is 4.37. The lowest BCUT2D eigenvalue weighted by molar-refractivity contribution is 1.06. The molecular formula is C15H14ClN. The fraction of sp³-hybridized carbons (Fsp3) is 0.133. The molecule has 2 heteroatoms. The molecule has 2 aromatic carbocycles. The van der Waals surface area contributed by atoms with E-state index in [0.717, 1.165) is 0 Å². The summed E-state index contributed by atoms with van der Waals surface area (Å²) in [5, 5.41) is 0.653. The van der Waals surface area contributed by atoms with Crippen LogP contribution in [0, 0.1) is 0 Å². The van der Waals surface area contributed by atoms with Crippen molar-refractivity contribution in [1.29, 1.82) is 0 Å². The molecule has 0 unspecified atom stereocenters. The van der Waals surface area contributed by atoms with E-state index in [2.05, 4.69) is 29.3 Å². The van der Waals surface area contributed by atoms with Crippen molar-refractivity contribution in [3.8, 4) is 0 Å². The molecule has 0 heterocycles. The summed E-state index contributed by atoms with van der Waals surface area (Å²) in [6.45, 7) is 0.645. The number of aliphatic imine (C=N–C) groups is 1. The topological polar surface area (TPSA) is 12.4 Å². The first-order valence-corrected chi connectivity index (χ1v) is 5.99. The van der Waals surface area contributed by atoms with E-state index in [1.807, 2.05) is 36.4 Å². The summed E-state index contributed by atoms with van der Waals surface area (Å²) in [5.74, 6) is 0. The molecule has 1 nitrogen and oxygen atoms in total. The van der Waals surface area contributed by atoms with Crippen LogP contribution in [0.2, 0.25) is 0 Å². The van der Waals surface area contributed by atoms with Crippen LogP contribution in [0.5, 0.6) is 0 Å².